The van der Waals surface area contributed by atoms with Gasteiger partial charge in [-0.1, -0.05) is 67.6 Å². The summed E-state index contributed by atoms with van der Waals surface area (Å²) < 4.78 is 2.02. The van der Waals surface area contributed by atoms with E-state index in [1.54, 1.807) is 25.3 Å². The molecule has 3 rings (SSSR count). The highest BCUT2D eigenvalue weighted by Gasteiger charge is 2.15. The molecule has 8 heteroatoms. The molecule has 0 fully saturated rings. The molecular weight excluding hydrogens is 414 g/mol. The van der Waals surface area contributed by atoms with Gasteiger partial charge >= 0.3 is 0 Å². The van der Waals surface area contributed by atoms with Crippen LogP contribution in [0.4, 0.5) is 0 Å². The summed E-state index contributed by atoms with van der Waals surface area (Å²) in [5.41, 5.74) is 2.44. The molecule has 33 heavy (non-hydrogen) atoms. The van der Waals surface area contributed by atoms with Crippen LogP contribution in [-0.2, 0) is 17.8 Å². The number of nitrogens with one attached hydrogen (secondary N) is 2. The van der Waals surface area contributed by atoms with Crippen LogP contribution in [0.1, 0.15) is 29.8 Å². The Bertz CT molecular complexity index is 976. The number of carbonyl (C=O) groups excluding carboxylic acids is 1. The van der Waals surface area contributed by atoms with Crippen molar-refractivity contribution in [2.45, 2.75) is 25.8 Å². The number of benzene rings is 2. The van der Waals surface area contributed by atoms with E-state index >= 15 is 0 Å². The van der Waals surface area contributed by atoms with Crippen molar-refractivity contribution in [2.24, 2.45) is 4.99 Å². The lowest BCUT2D eigenvalue weighted by molar-refractivity contribution is -0.127. The number of nitrogens with zero attached hydrogens (tertiary/aromatic N) is 5. The summed E-state index contributed by atoms with van der Waals surface area (Å²) in [4.78, 5) is 18.2. The van der Waals surface area contributed by atoms with Gasteiger partial charge in [0.2, 0.25) is 5.91 Å². The number of carbonyl (C=O) groups is 1. The minimum atomic E-state index is -0.0501. The summed E-state index contributed by atoms with van der Waals surface area (Å²) >= 11 is 0. The molecule has 0 unspecified atom stereocenters. The Morgan fingerprint density at radius 3 is 2.24 bits per heavy atom. The Morgan fingerprint density at radius 2 is 1.67 bits per heavy atom. The highest BCUT2D eigenvalue weighted by molar-refractivity contribution is 5.84. The summed E-state index contributed by atoms with van der Waals surface area (Å²) in [6.07, 6.45) is 2.56. The fourth-order valence-corrected chi connectivity index (χ4v) is 3.49. The molecule has 2 N–H and O–H groups in total. The second-order valence-electron chi connectivity index (χ2n) is 7.93. The predicted octanol–water partition coefficient (Wildman–Crippen LogP) is 2.30. The highest BCUT2D eigenvalue weighted by atomic mass is 16.2. The zero-order chi connectivity index (χ0) is 23.5. The average molecular weight is 448 g/mol. The highest BCUT2D eigenvalue weighted by Crippen LogP contribution is 2.23. The normalized spacial score (nSPS) is 11.5. The van der Waals surface area contributed by atoms with Crippen molar-refractivity contribution in [3.05, 3.63) is 83.9 Å². The summed E-state index contributed by atoms with van der Waals surface area (Å²) in [6.45, 7) is 4.12. The minimum absolute atomic E-state index is 0.0501. The van der Waals surface area contributed by atoms with Gasteiger partial charge in [-0.05, 0) is 11.1 Å². The Kier molecular flexibility index (Phi) is 8.99. The monoisotopic (exact) mass is 447 g/mol. The second-order valence-corrected chi connectivity index (χ2v) is 7.93. The first-order valence-electron chi connectivity index (χ1n) is 11.3. The van der Waals surface area contributed by atoms with Crippen LogP contribution >= 0.6 is 0 Å². The maximum atomic E-state index is 12.1. The van der Waals surface area contributed by atoms with Crippen molar-refractivity contribution in [1.82, 2.24) is 30.3 Å². The van der Waals surface area contributed by atoms with Crippen molar-refractivity contribution in [1.29, 1.82) is 0 Å². The number of rotatable bonds is 10. The van der Waals surface area contributed by atoms with E-state index < -0.39 is 0 Å². The van der Waals surface area contributed by atoms with Gasteiger partial charge in [-0.2, -0.15) is 0 Å². The van der Waals surface area contributed by atoms with E-state index in [0.717, 1.165) is 12.2 Å². The van der Waals surface area contributed by atoms with Crippen molar-refractivity contribution in [3.8, 4) is 0 Å². The van der Waals surface area contributed by atoms with Gasteiger partial charge in [-0.25, -0.2) is 4.99 Å². The molecule has 2 aromatic carbocycles. The smallest absolute Gasteiger partial charge is 0.243 e. The number of hydrogen-bond acceptors (Lipinski definition) is 4. The molecule has 0 atom stereocenters. The van der Waals surface area contributed by atoms with Crippen molar-refractivity contribution >= 4 is 11.9 Å². The Hall–Kier alpha value is -3.68. The minimum Gasteiger partial charge on any atom is -0.355 e. The number of likely N-dealkylation sites (N-methyl/N-ethyl adjacent to an activating group) is 1. The van der Waals surface area contributed by atoms with Gasteiger partial charge in [-0.15, -0.1) is 10.2 Å². The second kappa shape index (κ2) is 12.4. The number of aryl methyl sites for hydroxylation is 1. The largest absolute Gasteiger partial charge is 0.355 e. The van der Waals surface area contributed by atoms with Crippen LogP contribution in [0.5, 0.6) is 0 Å². The molecule has 0 radical (unpaired) electrons. The lowest BCUT2D eigenvalue weighted by Crippen LogP contribution is -2.41. The summed E-state index contributed by atoms with van der Waals surface area (Å²) in [5.74, 6) is 1.65. The Balaban J connectivity index is 1.71. The number of aliphatic imine (C=N–C) groups is 1. The molecule has 3 aromatic rings. The summed E-state index contributed by atoms with van der Waals surface area (Å²) in [7, 11) is 3.47. The van der Waals surface area contributed by atoms with Crippen molar-refractivity contribution in [2.75, 3.05) is 33.7 Å². The van der Waals surface area contributed by atoms with Crippen LogP contribution in [0.2, 0.25) is 0 Å². The quantitative estimate of drug-likeness (QED) is 0.368. The maximum Gasteiger partial charge on any atom is 0.243 e. The number of hydrogen-bond donors (Lipinski definition) is 2. The Labute approximate surface area is 195 Å². The molecule has 0 aliphatic heterocycles. The topological polar surface area (TPSA) is 87.4 Å². The van der Waals surface area contributed by atoms with E-state index in [1.165, 1.54) is 11.1 Å². The van der Waals surface area contributed by atoms with Gasteiger partial charge in [0.1, 0.15) is 18.7 Å². The molecule has 8 nitrogen and oxygen atoms in total. The molecule has 0 spiro atoms. The molecule has 0 aliphatic rings. The van der Waals surface area contributed by atoms with Crippen molar-refractivity contribution < 1.29 is 4.79 Å². The van der Waals surface area contributed by atoms with Crippen LogP contribution in [0.3, 0.4) is 0 Å². The molecule has 1 heterocycles. The molecule has 1 aromatic heterocycles. The maximum absolute atomic E-state index is 12.1. The summed E-state index contributed by atoms with van der Waals surface area (Å²) in [5, 5.41) is 14.9. The van der Waals surface area contributed by atoms with Gasteiger partial charge in [0.25, 0.3) is 0 Å². The van der Waals surface area contributed by atoms with E-state index in [0.29, 0.717) is 25.6 Å². The van der Waals surface area contributed by atoms with Crippen LogP contribution in [-0.4, -0.2) is 65.3 Å². The lowest BCUT2D eigenvalue weighted by Gasteiger charge is -2.21. The zero-order valence-electron chi connectivity index (χ0n) is 19.6. The first-order chi connectivity index (χ1) is 16.1. The van der Waals surface area contributed by atoms with Gasteiger partial charge in [0.15, 0.2) is 5.96 Å². The Morgan fingerprint density at radius 1 is 1.03 bits per heavy atom. The number of aromatic nitrogens is 3. The van der Waals surface area contributed by atoms with Gasteiger partial charge in [0.05, 0.1) is 0 Å². The van der Waals surface area contributed by atoms with Crippen LogP contribution < -0.4 is 10.6 Å². The molecular formula is C25H33N7O. The standard InChI is InChI=1S/C25H33N7O/c1-4-23-30-29-19-32(23)16-15-26-25(28-18-24(33)31(2)3)27-17-22(20-11-7-5-8-12-20)21-13-9-6-10-14-21/h5-14,19,22H,4,15-18H2,1-3H3,(H2,26,27,28). The van der Waals surface area contributed by atoms with Crippen LogP contribution in [0.25, 0.3) is 0 Å². The molecule has 0 saturated heterocycles. The molecule has 174 valence electrons. The molecule has 0 saturated carbocycles. The molecule has 0 bridgehead atoms. The first-order valence-corrected chi connectivity index (χ1v) is 11.3. The van der Waals surface area contributed by atoms with E-state index in [2.05, 4.69) is 81.3 Å². The van der Waals surface area contributed by atoms with E-state index in [9.17, 15) is 4.79 Å². The summed E-state index contributed by atoms with van der Waals surface area (Å²) in [6, 6.07) is 20.8. The number of amides is 1. The van der Waals surface area contributed by atoms with Crippen LogP contribution in [0, 0.1) is 0 Å². The van der Waals surface area contributed by atoms with E-state index in [1.807, 2.05) is 16.7 Å². The van der Waals surface area contributed by atoms with Gasteiger partial charge in [-0.3, -0.25) is 4.79 Å². The van der Waals surface area contributed by atoms with Crippen molar-refractivity contribution in [3.63, 3.8) is 0 Å². The average Bonchev–Trinajstić information content (AvgIpc) is 3.30. The van der Waals surface area contributed by atoms with E-state index in [-0.39, 0.29) is 18.4 Å². The van der Waals surface area contributed by atoms with Gasteiger partial charge in [0, 0.05) is 46.1 Å². The van der Waals surface area contributed by atoms with E-state index in [4.69, 9.17) is 0 Å². The lowest BCUT2D eigenvalue weighted by atomic mass is 9.91. The predicted molar refractivity (Wildman–Crippen MR) is 131 cm³/mol. The molecule has 0 aliphatic carbocycles. The first kappa shape index (κ1) is 24.0. The third kappa shape index (κ3) is 7.17. The van der Waals surface area contributed by atoms with Gasteiger partial charge < -0.3 is 20.1 Å². The third-order valence-electron chi connectivity index (χ3n) is 5.41. The fraction of sp³-hybridized carbons (Fsp3) is 0.360. The number of guanidine groups is 1. The third-order valence-corrected chi connectivity index (χ3v) is 5.41. The van der Waals surface area contributed by atoms with Crippen LogP contribution in [0.15, 0.2) is 72.0 Å². The SMILES string of the molecule is CCc1nncn1CCNC(=NCC(=O)N(C)C)NCC(c1ccccc1)c1ccccc1. The molecule has 1 amide bonds. The fourth-order valence-electron chi connectivity index (χ4n) is 3.49. The zero-order valence-corrected chi connectivity index (χ0v) is 19.6.